The first-order chi connectivity index (χ1) is 9.60. The van der Waals surface area contributed by atoms with Crippen LogP contribution in [0.1, 0.15) is 11.1 Å². The summed E-state index contributed by atoms with van der Waals surface area (Å²) in [7, 11) is 2.05. The highest BCUT2D eigenvalue weighted by Crippen LogP contribution is 2.13. The third-order valence-electron chi connectivity index (χ3n) is 3.83. The van der Waals surface area contributed by atoms with Gasteiger partial charge < -0.3 is 9.80 Å². The first-order valence-electron chi connectivity index (χ1n) is 7.02. The third-order valence-corrected chi connectivity index (χ3v) is 3.83. The van der Waals surface area contributed by atoms with Gasteiger partial charge in [0.25, 0.3) is 0 Å². The summed E-state index contributed by atoms with van der Waals surface area (Å²) >= 11 is 0. The van der Waals surface area contributed by atoms with Crippen molar-refractivity contribution in [3.63, 3.8) is 0 Å². The zero-order chi connectivity index (χ0) is 14.5. The Bertz CT molecular complexity index is 495. The van der Waals surface area contributed by atoms with Crippen molar-refractivity contribution in [2.45, 2.75) is 13.3 Å². The van der Waals surface area contributed by atoms with Crippen LogP contribution < -0.4 is 0 Å². The van der Waals surface area contributed by atoms with E-state index in [-0.39, 0.29) is 5.91 Å². The minimum atomic E-state index is -0.568. The SMILES string of the molecule is Cc1ccc(CC(C#N)C(=O)N2CCN(C)CC2)cc1. The van der Waals surface area contributed by atoms with Crippen molar-refractivity contribution in [1.29, 1.82) is 5.26 Å². The highest BCUT2D eigenvalue weighted by Gasteiger charge is 2.26. The van der Waals surface area contributed by atoms with Gasteiger partial charge in [-0.15, -0.1) is 0 Å². The van der Waals surface area contributed by atoms with Crippen molar-refractivity contribution in [3.05, 3.63) is 35.4 Å². The topological polar surface area (TPSA) is 47.3 Å². The van der Waals surface area contributed by atoms with Crippen LogP contribution in [-0.4, -0.2) is 48.9 Å². The maximum atomic E-state index is 12.4. The van der Waals surface area contributed by atoms with Gasteiger partial charge in [-0.25, -0.2) is 0 Å². The number of benzene rings is 1. The Hall–Kier alpha value is -1.86. The van der Waals surface area contributed by atoms with Crippen molar-refractivity contribution in [2.24, 2.45) is 5.92 Å². The van der Waals surface area contributed by atoms with E-state index in [0.717, 1.165) is 31.7 Å². The van der Waals surface area contributed by atoms with Gasteiger partial charge in [0, 0.05) is 26.2 Å². The van der Waals surface area contributed by atoms with E-state index in [2.05, 4.69) is 18.0 Å². The average molecular weight is 271 g/mol. The van der Waals surface area contributed by atoms with Crippen LogP contribution in [0.4, 0.5) is 0 Å². The molecule has 0 aromatic heterocycles. The van der Waals surface area contributed by atoms with E-state index < -0.39 is 5.92 Å². The maximum absolute atomic E-state index is 12.4. The van der Waals surface area contributed by atoms with Crippen LogP contribution in [-0.2, 0) is 11.2 Å². The molecule has 4 heteroatoms. The van der Waals surface area contributed by atoms with Crippen molar-refractivity contribution in [2.75, 3.05) is 33.2 Å². The molecule has 1 heterocycles. The Balaban J connectivity index is 1.99. The van der Waals surface area contributed by atoms with Gasteiger partial charge in [0.1, 0.15) is 5.92 Å². The van der Waals surface area contributed by atoms with Crippen molar-refractivity contribution >= 4 is 5.91 Å². The number of nitrogens with zero attached hydrogens (tertiary/aromatic N) is 3. The molecule has 0 spiro atoms. The number of hydrogen-bond donors (Lipinski definition) is 0. The largest absolute Gasteiger partial charge is 0.339 e. The van der Waals surface area contributed by atoms with Gasteiger partial charge in [0.05, 0.1) is 6.07 Å². The molecule has 20 heavy (non-hydrogen) atoms. The fourth-order valence-corrected chi connectivity index (χ4v) is 2.40. The molecule has 0 aliphatic carbocycles. The molecule has 1 saturated heterocycles. The summed E-state index contributed by atoms with van der Waals surface area (Å²) < 4.78 is 0. The number of carbonyl (C=O) groups excluding carboxylic acids is 1. The fourth-order valence-electron chi connectivity index (χ4n) is 2.40. The predicted octanol–water partition coefficient (Wildman–Crippen LogP) is 1.45. The number of likely N-dealkylation sites (N-methyl/N-ethyl adjacent to an activating group) is 1. The standard InChI is InChI=1S/C16H21N3O/c1-13-3-5-14(6-4-13)11-15(12-17)16(20)19-9-7-18(2)8-10-19/h3-6,15H,7-11H2,1-2H3. The minimum absolute atomic E-state index is 0.0267. The Morgan fingerprint density at radius 1 is 1.25 bits per heavy atom. The van der Waals surface area contributed by atoms with Crippen LogP contribution in [0.15, 0.2) is 24.3 Å². The van der Waals surface area contributed by atoms with E-state index in [9.17, 15) is 10.1 Å². The Labute approximate surface area is 120 Å². The number of aryl methyl sites for hydroxylation is 1. The molecular weight excluding hydrogens is 250 g/mol. The highest BCUT2D eigenvalue weighted by molar-refractivity contribution is 5.81. The normalized spacial score (nSPS) is 17.6. The van der Waals surface area contributed by atoms with Crippen LogP contribution in [0.3, 0.4) is 0 Å². The van der Waals surface area contributed by atoms with E-state index in [0.29, 0.717) is 6.42 Å². The smallest absolute Gasteiger partial charge is 0.240 e. The Morgan fingerprint density at radius 3 is 2.40 bits per heavy atom. The second kappa shape index (κ2) is 6.53. The minimum Gasteiger partial charge on any atom is -0.339 e. The molecule has 0 bridgehead atoms. The second-order valence-corrected chi connectivity index (χ2v) is 5.50. The fraction of sp³-hybridized carbons (Fsp3) is 0.500. The molecule has 1 unspecified atom stereocenters. The summed E-state index contributed by atoms with van der Waals surface area (Å²) in [4.78, 5) is 16.4. The van der Waals surface area contributed by atoms with Gasteiger partial charge in [0.15, 0.2) is 0 Å². The molecule has 0 radical (unpaired) electrons. The molecule has 106 valence electrons. The number of amides is 1. The number of hydrogen-bond acceptors (Lipinski definition) is 3. The average Bonchev–Trinajstić information content (AvgIpc) is 2.47. The third kappa shape index (κ3) is 3.58. The summed E-state index contributed by atoms with van der Waals surface area (Å²) in [5, 5.41) is 9.29. The number of nitriles is 1. The Morgan fingerprint density at radius 2 is 1.85 bits per heavy atom. The van der Waals surface area contributed by atoms with Gasteiger partial charge in [-0.05, 0) is 26.0 Å². The van der Waals surface area contributed by atoms with Gasteiger partial charge >= 0.3 is 0 Å². The summed E-state index contributed by atoms with van der Waals surface area (Å²) in [5.74, 6) is -0.595. The molecule has 1 aliphatic heterocycles. The van der Waals surface area contributed by atoms with Crippen molar-refractivity contribution < 1.29 is 4.79 Å². The molecule has 0 N–H and O–H groups in total. The van der Waals surface area contributed by atoms with E-state index in [1.807, 2.05) is 36.1 Å². The van der Waals surface area contributed by atoms with Crippen LogP contribution >= 0.6 is 0 Å². The lowest BCUT2D eigenvalue weighted by atomic mass is 9.98. The van der Waals surface area contributed by atoms with Crippen molar-refractivity contribution in [1.82, 2.24) is 9.80 Å². The van der Waals surface area contributed by atoms with E-state index in [1.165, 1.54) is 5.56 Å². The van der Waals surface area contributed by atoms with Gasteiger partial charge in [-0.2, -0.15) is 5.26 Å². The number of piperazine rings is 1. The van der Waals surface area contributed by atoms with Crippen LogP contribution in [0, 0.1) is 24.2 Å². The van der Waals surface area contributed by atoms with Gasteiger partial charge in [-0.3, -0.25) is 4.79 Å². The van der Waals surface area contributed by atoms with Gasteiger partial charge in [-0.1, -0.05) is 29.8 Å². The molecule has 1 fully saturated rings. The van der Waals surface area contributed by atoms with Crippen molar-refractivity contribution in [3.8, 4) is 6.07 Å². The van der Waals surface area contributed by atoms with Gasteiger partial charge in [0.2, 0.25) is 5.91 Å². The van der Waals surface area contributed by atoms with E-state index >= 15 is 0 Å². The molecule has 1 aromatic carbocycles. The summed E-state index contributed by atoms with van der Waals surface area (Å²) in [6.07, 6.45) is 0.502. The summed E-state index contributed by atoms with van der Waals surface area (Å²) in [6.45, 7) is 5.24. The number of carbonyl (C=O) groups is 1. The van der Waals surface area contributed by atoms with Crippen LogP contribution in [0.25, 0.3) is 0 Å². The molecule has 2 rings (SSSR count). The molecule has 1 atom stereocenters. The molecule has 1 amide bonds. The summed E-state index contributed by atoms with van der Waals surface area (Å²) in [5.41, 5.74) is 2.23. The number of rotatable bonds is 3. The highest BCUT2D eigenvalue weighted by atomic mass is 16.2. The monoisotopic (exact) mass is 271 g/mol. The zero-order valence-electron chi connectivity index (χ0n) is 12.2. The molecule has 4 nitrogen and oxygen atoms in total. The zero-order valence-corrected chi connectivity index (χ0v) is 12.2. The van der Waals surface area contributed by atoms with Crippen LogP contribution in [0.5, 0.6) is 0 Å². The van der Waals surface area contributed by atoms with E-state index in [4.69, 9.17) is 0 Å². The predicted molar refractivity (Wildman–Crippen MR) is 78.1 cm³/mol. The van der Waals surface area contributed by atoms with Crippen LogP contribution in [0.2, 0.25) is 0 Å². The van der Waals surface area contributed by atoms with E-state index in [1.54, 1.807) is 0 Å². The molecular formula is C16H21N3O. The quantitative estimate of drug-likeness (QED) is 0.836. The maximum Gasteiger partial charge on any atom is 0.240 e. The Kier molecular flexibility index (Phi) is 4.75. The lowest BCUT2D eigenvalue weighted by Gasteiger charge is -2.33. The molecule has 1 aliphatic rings. The molecule has 0 saturated carbocycles. The summed E-state index contributed by atoms with van der Waals surface area (Å²) in [6, 6.07) is 10.2. The second-order valence-electron chi connectivity index (χ2n) is 5.50. The lowest BCUT2D eigenvalue weighted by Crippen LogP contribution is -2.49. The lowest BCUT2D eigenvalue weighted by molar-refractivity contribution is -0.135. The first-order valence-corrected chi connectivity index (χ1v) is 7.02. The first kappa shape index (κ1) is 14.5. The molecule has 1 aromatic rings.